The third kappa shape index (κ3) is 2.96. The zero-order chi connectivity index (χ0) is 19.1. The molecule has 28 heavy (non-hydrogen) atoms. The van der Waals surface area contributed by atoms with Gasteiger partial charge in [-0.15, -0.1) is 0 Å². The zero-order valence-electron chi connectivity index (χ0n) is 15.8. The monoisotopic (exact) mass is 377 g/mol. The highest BCUT2D eigenvalue weighted by molar-refractivity contribution is 6.06. The fourth-order valence-corrected chi connectivity index (χ4v) is 4.41. The van der Waals surface area contributed by atoms with E-state index in [0.29, 0.717) is 17.6 Å². The average Bonchev–Trinajstić information content (AvgIpc) is 3.09. The molecule has 2 aliphatic heterocycles. The van der Waals surface area contributed by atoms with Crippen molar-refractivity contribution in [3.8, 4) is 5.69 Å². The predicted octanol–water partition coefficient (Wildman–Crippen LogP) is 2.01. The Morgan fingerprint density at radius 1 is 1.18 bits per heavy atom. The van der Waals surface area contributed by atoms with Crippen LogP contribution >= 0.6 is 0 Å². The number of amides is 1. The zero-order valence-corrected chi connectivity index (χ0v) is 15.8. The number of morpholine rings is 1. The molecule has 7 nitrogen and oxygen atoms in total. The van der Waals surface area contributed by atoms with Crippen molar-refractivity contribution >= 4 is 16.9 Å². The maximum Gasteiger partial charge on any atom is 0.253 e. The normalized spacial score (nSPS) is 25.0. The smallest absolute Gasteiger partial charge is 0.253 e. The van der Waals surface area contributed by atoms with Crippen LogP contribution in [0.25, 0.3) is 16.7 Å². The molecule has 7 heteroatoms. The van der Waals surface area contributed by atoms with Crippen molar-refractivity contribution in [2.75, 3.05) is 20.3 Å². The number of likely N-dealkylation sites (N-methyl/N-ethyl adjacent to an activating group) is 1. The molecule has 2 fully saturated rings. The lowest BCUT2D eigenvalue weighted by Gasteiger charge is -2.46. The lowest BCUT2D eigenvalue weighted by Crippen LogP contribution is -2.59. The van der Waals surface area contributed by atoms with E-state index in [0.717, 1.165) is 42.8 Å². The molecule has 0 aliphatic carbocycles. The number of hydrogen-bond donors (Lipinski definition) is 1. The lowest BCUT2D eigenvalue weighted by molar-refractivity contribution is -0.0670. The molecule has 3 atom stereocenters. The molecule has 0 spiro atoms. The molecule has 2 aliphatic rings. The molecule has 0 radical (unpaired) electrons. The van der Waals surface area contributed by atoms with Crippen LogP contribution in [-0.2, 0) is 4.74 Å². The molecule has 144 valence electrons. The number of rotatable bonds is 3. The number of fused-ring (bicyclic) bond motifs is 3. The second-order valence-corrected chi connectivity index (χ2v) is 7.65. The SMILES string of the molecule is CN1[C@@H]2COC[C@H]1CC(NC(=O)c1cn(-c3cccnc3)c3ncccc13)C2. The summed E-state index contributed by atoms with van der Waals surface area (Å²) in [5, 5.41) is 4.11. The molecular formula is C21H23N5O2. The summed E-state index contributed by atoms with van der Waals surface area (Å²) in [6, 6.07) is 8.55. The van der Waals surface area contributed by atoms with Crippen LogP contribution in [0.4, 0.5) is 0 Å². The summed E-state index contributed by atoms with van der Waals surface area (Å²) in [6.07, 6.45) is 8.94. The van der Waals surface area contributed by atoms with Gasteiger partial charge in [0.1, 0.15) is 5.65 Å². The van der Waals surface area contributed by atoms with Crippen LogP contribution in [0.3, 0.4) is 0 Å². The van der Waals surface area contributed by atoms with Crippen molar-refractivity contribution in [1.82, 2.24) is 24.8 Å². The summed E-state index contributed by atoms with van der Waals surface area (Å²) in [4.78, 5) is 24.2. The van der Waals surface area contributed by atoms with Crippen LogP contribution in [0.5, 0.6) is 0 Å². The first-order valence-corrected chi connectivity index (χ1v) is 9.67. The van der Waals surface area contributed by atoms with Gasteiger partial charge in [0.2, 0.25) is 0 Å². The molecule has 2 saturated heterocycles. The number of carbonyl (C=O) groups excluding carboxylic acids is 1. The highest BCUT2D eigenvalue weighted by Gasteiger charge is 2.37. The Bertz CT molecular complexity index is 988. The number of carbonyl (C=O) groups is 1. The number of aromatic nitrogens is 3. The van der Waals surface area contributed by atoms with Crippen LogP contribution < -0.4 is 5.32 Å². The molecule has 2 bridgehead atoms. The van der Waals surface area contributed by atoms with Crippen LogP contribution in [-0.4, -0.2) is 63.7 Å². The van der Waals surface area contributed by atoms with Crippen LogP contribution in [0.15, 0.2) is 49.1 Å². The van der Waals surface area contributed by atoms with E-state index in [1.54, 1.807) is 18.6 Å². The van der Waals surface area contributed by atoms with Gasteiger partial charge in [-0.05, 0) is 44.2 Å². The minimum Gasteiger partial charge on any atom is -0.378 e. The van der Waals surface area contributed by atoms with Crippen LogP contribution in [0.1, 0.15) is 23.2 Å². The Hall–Kier alpha value is -2.77. The van der Waals surface area contributed by atoms with E-state index in [2.05, 4.69) is 27.2 Å². The van der Waals surface area contributed by atoms with E-state index in [-0.39, 0.29) is 11.9 Å². The van der Waals surface area contributed by atoms with Crippen molar-refractivity contribution in [1.29, 1.82) is 0 Å². The fourth-order valence-electron chi connectivity index (χ4n) is 4.41. The van der Waals surface area contributed by atoms with E-state index in [1.165, 1.54) is 0 Å². The molecule has 5 heterocycles. The number of piperidine rings is 1. The van der Waals surface area contributed by atoms with Gasteiger partial charge in [0.25, 0.3) is 5.91 Å². The van der Waals surface area contributed by atoms with Crippen molar-refractivity contribution < 1.29 is 9.53 Å². The summed E-state index contributed by atoms with van der Waals surface area (Å²) in [7, 11) is 2.16. The molecule has 3 aromatic heterocycles. The van der Waals surface area contributed by atoms with Crippen molar-refractivity contribution in [3.05, 3.63) is 54.6 Å². The Morgan fingerprint density at radius 3 is 2.71 bits per heavy atom. The summed E-state index contributed by atoms with van der Waals surface area (Å²) >= 11 is 0. The number of hydrogen-bond acceptors (Lipinski definition) is 5. The second-order valence-electron chi connectivity index (χ2n) is 7.65. The minimum absolute atomic E-state index is 0.0471. The molecular weight excluding hydrogens is 354 g/mol. The topological polar surface area (TPSA) is 72.3 Å². The molecule has 3 aromatic rings. The molecule has 1 unspecified atom stereocenters. The Labute approximate surface area is 163 Å². The Balaban J connectivity index is 1.44. The number of pyridine rings is 2. The van der Waals surface area contributed by atoms with E-state index < -0.39 is 0 Å². The molecule has 0 saturated carbocycles. The highest BCUT2D eigenvalue weighted by Crippen LogP contribution is 2.27. The van der Waals surface area contributed by atoms with Gasteiger partial charge in [0.15, 0.2) is 0 Å². The molecule has 1 amide bonds. The summed E-state index contributed by atoms with van der Waals surface area (Å²) in [6.45, 7) is 1.48. The van der Waals surface area contributed by atoms with Gasteiger partial charge < -0.3 is 10.1 Å². The molecule has 0 aromatic carbocycles. The maximum atomic E-state index is 13.2. The van der Waals surface area contributed by atoms with Gasteiger partial charge >= 0.3 is 0 Å². The van der Waals surface area contributed by atoms with Crippen LogP contribution in [0, 0.1) is 0 Å². The van der Waals surface area contributed by atoms with Gasteiger partial charge in [-0.2, -0.15) is 0 Å². The van der Waals surface area contributed by atoms with E-state index in [4.69, 9.17) is 4.74 Å². The summed E-state index contributed by atoms with van der Waals surface area (Å²) in [5.74, 6) is -0.0471. The quantitative estimate of drug-likeness (QED) is 0.756. The van der Waals surface area contributed by atoms with E-state index in [9.17, 15) is 4.79 Å². The second kappa shape index (κ2) is 7.00. The van der Waals surface area contributed by atoms with E-state index in [1.807, 2.05) is 35.0 Å². The van der Waals surface area contributed by atoms with Gasteiger partial charge in [0.05, 0.1) is 30.7 Å². The predicted molar refractivity (Wildman–Crippen MR) is 106 cm³/mol. The van der Waals surface area contributed by atoms with Gasteiger partial charge in [-0.25, -0.2) is 4.98 Å². The Kier molecular flexibility index (Phi) is 4.33. The van der Waals surface area contributed by atoms with Crippen LogP contribution in [0.2, 0.25) is 0 Å². The van der Waals surface area contributed by atoms with Gasteiger partial charge in [-0.3, -0.25) is 19.2 Å². The largest absolute Gasteiger partial charge is 0.378 e. The minimum atomic E-state index is -0.0471. The summed E-state index contributed by atoms with van der Waals surface area (Å²) < 4.78 is 7.61. The molecule has 1 N–H and O–H groups in total. The number of nitrogens with one attached hydrogen (secondary N) is 1. The number of ether oxygens (including phenoxy) is 1. The third-order valence-corrected chi connectivity index (χ3v) is 5.95. The first kappa shape index (κ1) is 17.3. The Morgan fingerprint density at radius 2 is 1.96 bits per heavy atom. The molecule has 5 rings (SSSR count). The van der Waals surface area contributed by atoms with Gasteiger partial charge in [0, 0.05) is 42.1 Å². The fraction of sp³-hybridized carbons (Fsp3) is 0.381. The summed E-state index contributed by atoms with van der Waals surface area (Å²) in [5.41, 5.74) is 2.29. The van der Waals surface area contributed by atoms with E-state index >= 15 is 0 Å². The number of nitrogens with zero attached hydrogens (tertiary/aromatic N) is 4. The van der Waals surface area contributed by atoms with Crippen molar-refractivity contribution in [2.45, 2.75) is 31.0 Å². The third-order valence-electron chi connectivity index (χ3n) is 5.95. The standard InChI is InChI=1S/C21H23N5O2/c1-25-16-8-14(9-17(25)13-28-12-16)24-21(27)19-11-26(15-4-2-6-22-10-15)20-18(19)5-3-7-23-20/h2-7,10-11,14,16-17H,8-9,12-13H2,1H3,(H,24,27)/t14?,16-,17+. The first-order valence-electron chi connectivity index (χ1n) is 9.67. The van der Waals surface area contributed by atoms with Crippen molar-refractivity contribution in [2.24, 2.45) is 0 Å². The first-order chi connectivity index (χ1) is 13.7. The van der Waals surface area contributed by atoms with Gasteiger partial charge in [-0.1, -0.05) is 0 Å². The highest BCUT2D eigenvalue weighted by atomic mass is 16.5. The lowest BCUT2D eigenvalue weighted by atomic mass is 9.90. The maximum absolute atomic E-state index is 13.2. The van der Waals surface area contributed by atoms with Crippen molar-refractivity contribution in [3.63, 3.8) is 0 Å². The average molecular weight is 377 g/mol.